The van der Waals surface area contributed by atoms with E-state index in [2.05, 4.69) is 5.32 Å². The molecule has 0 spiro atoms. The van der Waals surface area contributed by atoms with Gasteiger partial charge >= 0.3 is 5.97 Å². The number of nitrogens with two attached hydrogens (primary N) is 1. The summed E-state index contributed by atoms with van der Waals surface area (Å²) in [5.74, 6) is -3.03. The maximum Gasteiger partial charge on any atom is 0.337 e. The lowest BCUT2D eigenvalue weighted by Crippen LogP contribution is -2.14. The Kier molecular flexibility index (Phi) is 10.8. The number of carboxylic acid groups (broad SMARTS) is 1. The van der Waals surface area contributed by atoms with E-state index in [1.807, 2.05) is 0 Å². The van der Waals surface area contributed by atoms with Crippen molar-refractivity contribution >= 4 is 75.7 Å². The third kappa shape index (κ3) is 9.37. The number of aromatic hydroxyl groups is 1. The quantitative estimate of drug-likeness (QED) is 0.0832. The number of fused-ring (bicyclic) bond motifs is 1. The molecular weight excluding hydrogens is 676 g/mol. The highest BCUT2D eigenvalue weighted by Gasteiger charge is 2.21. The molecule has 0 unspecified atom stereocenters. The lowest BCUT2D eigenvalue weighted by Gasteiger charge is -2.13. The second-order valence-electron chi connectivity index (χ2n) is 9.29. The number of benzene rings is 4. The number of hydrogen-bond acceptors (Lipinski definition) is 10. The Morgan fingerprint density at radius 3 is 1.87 bits per heavy atom. The third-order valence-corrected chi connectivity index (χ3v) is 9.68. The van der Waals surface area contributed by atoms with Crippen molar-refractivity contribution in [1.82, 2.24) is 0 Å². The van der Waals surface area contributed by atoms with Crippen LogP contribution in [0.25, 0.3) is 10.8 Å². The van der Waals surface area contributed by atoms with Gasteiger partial charge < -0.3 is 21.3 Å². The smallest absolute Gasteiger partial charge is 0.337 e. The zero-order valence-electron chi connectivity index (χ0n) is 22.8. The number of phenolic OH excluding ortho intramolecular Hbond substituents is 1. The summed E-state index contributed by atoms with van der Waals surface area (Å²) in [6.07, 6.45) is 0. The summed E-state index contributed by atoms with van der Waals surface area (Å²) in [4.78, 5) is 21.7. The molecule has 0 radical (unpaired) electrons. The standard InChI is InChI=1S/C20H18ClNO10S3.C7H7NO2/c21-5-6-33(25,26)11-12-1-3-13(4-2-12)20(24)22-17-9-15(34(27,28)29)7-14-8-16(35(30,31)32)10-18(23)19(14)17;8-6-4-2-1-3-5(6)7(9)10/h1-4,7-10,23H,5-6,11H2,(H,22,24)(H,27,28,29)(H,30,31,32);1-4H,8H2,(H,9,10). The Bertz CT molecular complexity index is 2100. The van der Waals surface area contributed by atoms with Crippen LogP contribution in [-0.4, -0.2) is 68.1 Å². The van der Waals surface area contributed by atoms with E-state index < -0.39 is 57.5 Å². The SMILES string of the molecule is Nc1ccccc1C(=O)O.O=C(Nc1cc(S(=O)(=O)O)cc2cc(S(=O)(=O)O)cc(O)c12)c1ccc(CS(=O)(=O)CCCl)cc1. The molecule has 0 aromatic heterocycles. The lowest BCUT2D eigenvalue weighted by atomic mass is 10.1. The number of nitrogens with one attached hydrogen (secondary N) is 1. The van der Waals surface area contributed by atoms with Crippen LogP contribution in [0, 0.1) is 0 Å². The summed E-state index contributed by atoms with van der Waals surface area (Å²) in [6.45, 7) is 0. The number of amides is 1. The fourth-order valence-corrected chi connectivity index (χ4v) is 6.78. The molecule has 0 bridgehead atoms. The number of para-hydroxylation sites is 1. The van der Waals surface area contributed by atoms with Crippen LogP contribution in [-0.2, 0) is 35.8 Å². The van der Waals surface area contributed by atoms with Gasteiger partial charge in [-0.2, -0.15) is 16.8 Å². The number of carboxylic acids is 1. The number of carbonyl (C=O) groups is 2. The van der Waals surface area contributed by atoms with Crippen molar-refractivity contribution < 1.29 is 54.2 Å². The zero-order valence-corrected chi connectivity index (χ0v) is 26.0. The Labute approximate surface area is 262 Å². The Morgan fingerprint density at radius 2 is 1.38 bits per heavy atom. The minimum absolute atomic E-state index is 0.0444. The van der Waals surface area contributed by atoms with E-state index in [1.54, 1.807) is 18.2 Å². The molecule has 0 aliphatic rings. The highest BCUT2D eigenvalue weighted by molar-refractivity contribution is 7.90. The summed E-state index contributed by atoms with van der Waals surface area (Å²) in [5, 5.41) is 20.8. The Balaban J connectivity index is 0.000000468. The summed E-state index contributed by atoms with van der Waals surface area (Å²) in [5.41, 5.74) is 5.96. The summed E-state index contributed by atoms with van der Waals surface area (Å²) < 4.78 is 88.9. The summed E-state index contributed by atoms with van der Waals surface area (Å²) in [7, 11) is -13.0. The van der Waals surface area contributed by atoms with Crippen molar-refractivity contribution in [2.75, 3.05) is 22.7 Å². The first-order chi connectivity index (χ1) is 20.8. The fraction of sp³-hybridized carbons (Fsp3) is 0.111. The number of hydrogen-bond donors (Lipinski definition) is 6. The average Bonchev–Trinajstić information content (AvgIpc) is 2.92. The minimum atomic E-state index is -4.82. The second-order valence-corrected chi connectivity index (χ2v) is 14.7. The fourth-order valence-electron chi connectivity index (χ4n) is 3.92. The van der Waals surface area contributed by atoms with Crippen molar-refractivity contribution in [3.8, 4) is 5.75 Å². The highest BCUT2D eigenvalue weighted by atomic mass is 35.5. The van der Waals surface area contributed by atoms with Gasteiger partial charge in [-0.25, -0.2) is 13.2 Å². The average molecular weight is 701 g/mol. The van der Waals surface area contributed by atoms with Crippen molar-refractivity contribution in [3.63, 3.8) is 0 Å². The first-order valence-electron chi connectivity index (χ1n) is 12.3. The molecule has 0 heterocycles. The van der Waals surface area contributed by atoms with Crippen molar-refractivity contribution in [2.24, 2.45) is 0 Å². The van der Waals surface area contributed by atoms with Crippen molar-refractivity contribution in [1.29, 1.82) is 0 Å². The van der Waals surface area contributed by atoms with Gasteiger partial charge in [-0.05, 0) is 53.4 Å². The van der Waals surface area contributed by atoms with E-state index in [0.29, 0.717) is 17.3 Å². The first kappa shape index (κ1) is 35.2. The van der Waals surface area contributed by atoms with Crippen LogP contribution < -0.4 is 11.1 Å². The number of alkyl halides is 1. The maximum absolute atomic E-state index is 12.8. The number of halogens is 1. The van der Waals surface area contributed by atoms with Gasteiger partial charge in [0.05, 0.1) is 32.5 Å². The molecule has 4 aromatic rings. The Hall–Kier alpha value is -4.26. The second kappa shape index (κ2) is 13.8. The van der Waals surface area contributed by atoms with E-state index in [1.165, 1.54) is 30.3 Å². The first-order valence-corrected chi connectivity index (χ1v) is 17.6. The number of aromatic carboxylic acids is 1. The minimum Gasteiger partial charge on any atom is -0.507 e. The molecule has 240 valence electrons. The molecule has 0 saturated carbocycles. The summed E-state index contributed by atoms with van der Waals surface area (Å²) >= 11 is 5.47. The van der Waals surface area contributed by atoms with Crippen LogP contribution in [0.3, 0.4) is 0 Å². The molecule has 1 amide bonds. The van der Waals surface area contributed by atoms with E-state index in [-0.39, 0.29) is 45.0 Å². The molecule has 0 aliphatic heterocycles. The van der Waals surface area contributed by atoms with Gasteiger partial charge in [0, 0.05) is 28.6 Å². The van der Waals surface area contributed by atoms with Gasteiger partial charge in [0.1, 0.15) is 5.75 Å². The predicted octanol–water partition coefficient (Wildman–Crippen LogP) is 3.41. The third-order valence-electron chi connectivity index (χ3n) is 6.00. The molecule has 45 heavy (non-hydrogen) atoms. The molecule has 0 atom stereocenters. The molecule has 14 nitrogen and oxygen atoms in total. The normalized spacial score (nSPS) is 11.8. The lowest BCUT2D eigenvalue weighted by molar-refractivity contribution is 0.0697. The van der Waals surface area contributed by atoms with Crippen LogP contribution in [0.5, 0.6) is 5.75 Å². The molecule has 4 rings (SSSR count). The number of carbonyl (C=O) groups excluding carboxylic acids is 1. The van der Waals surface area contributed by atoms with Gasteiger partial charge in [0.2, 0.25) is 0 Å². The van der Waals surface area contributed by atoms with Crippen LogP contribution in [0.4, 0.5) is 11.4 Å². The molecule has 18 heteroatoms. The number of phenols is 1. The monoisotopic (exact) mass is 700 g/mol. The van der Waals surface area contributed by atoms with E-state index in [4.69, 9.17) is 22.4 Å². The maximum atomic E-state index is 12.8. The van der Waals surface area contributed by atoms with Crippen LogP contribution in [0.2, 0.25) is 0 Å². The van der Waals surface area contributed by atoms with E-state index in [9.17, 15) is 49.1 Å². The molecular formula is C27H25ClN2O12S3. The molecule has 0 saturated heterocycles. The van der Waals surface area contributed by atoms with Crippen LogP contribution in [0.15, 0.2) is 82.6 Å². The molecule has 0 aliphatic carbocycles. The van der Waals surface area contributed by atoms with E-state index >= 15 is 0 Å². The van der Waals surface area contributed by atoms with Gasteiger partial charge in [-0.15, -0.1) is 11.6 Å². The van der Waals surface area contributed by atoms with Crippen LogP contribution in [0.1, 0.15) is 26.3 Å². The van der Waals surface area contributed by atoms with Crippen molar-refractivity contribution in [3.05, 3.63) is 89.5 Å². The van der Waals surface area contributed by atoms with Gasteiger partial charge in [-0.3, -0.25) is 13.9 Å². The Morgan fingerprint density at radius 1 is 0.822 bits per heavy atom. The molecule has 4 aromatic carbocycles. The van der Waals surface area contributed by atoms with Crippen LogP contribution >= 0.6 is 11.6 Å². The van der Waals surface area contributed by atoms with Gasteiger partial charge in [0.15, 0.2) is 9.84 Å². The number of sulfone groups is 1. The van der Waals surface area contributed by atoms with Crippen molar-refractivity contribution in [2.45, 2.75) is 15.5 Å². The number of rotatable bonds is 9. The molecule has 7 N–H and O–H groups in total. The van der Waals surface area contributed by atoms with E-state index in [0.717, 1.165) is 18.2 Å². The number of nitrogen functional groups attached to an aromatic ring is 1. The molecule has 0 fully saturated rings. The van der Waals surface area contributed by atoms with Gasteiger partial charge in [0.25, 0.3) is 26.1 Å². The number of anilines is 2. The summed E-state index contributed by atoms with van der Waals surface area (Å²) in [6, 6.07) is 15.1. The predicted molar refractivity (Wildman–Crippen MR) is 166 cm³/mol. The highest BCUT2D eigenvalue weighted by Crippen LogP contribution is 2.37. The largest absolute Gasteiger partial charge is 0.507 e. The van der Waals surface area contributed by atoms with Gasteiger partial charge in [-0.1, -0.05) is 24.3 Å². The zero-order chi connectivity index (χ0) is 33.7. The topological polar surface area (TPSA) is 256 Å².